The molecule has 1 atom stereocenters. The van der Waals surface area contributed by atoms with Crippen LogP contribution in [0, 0.1) is 5.41 Å². The monoisotopic (exact) mass is 305 g/mol. The summed E-state index contributed by atoms with van der Waals surface area (Å²) in [7, 11) is 0. The van der Waals surface area contributed by atoms with Crippen molar-refractivity contribution in [2.24, 2.45) is 5.41 Å². The fraction of sp³-hybridized carbons (Fsp3) is 0.583. The van der Waals surface area contributed by atoms with Crippen molar-refractivity contribution < 1.29 is 23.1 Å². The normalized spacial score (nSPS) is 22.6. The van der Waals surface area contributed by atoms with Gasteiger partial charge >= 0.3 is 12.1 Å². The zero-order valence-electron chi connectivity index (χ0n) is 11.2. The summed E-state index contributed by atoms with van der Waals surface area (Å²) in [4.78, 5) is 28.1. The molecule has 0 amide bonds. The topological polar surface area (TPSA) is 75.4 Å². The van der Waals surface area contributed by atoms with Crippen molar-refractivity contribution >= 4 is 11.8 Å². The van der Waals surface area contributed by atoms with Crippen LogP contribution in [-0.4, -0.2) is 39.9 Å². The van der Waals surface area contributed by atoms with E-state index < -0.39 is 36.1 Å². The molecule has 9 heteroatoms. The summed E-state index contributed by atoms with van der Waals surface area (Å²) in [5.41, 5.74) is -3.38. The molecule has 0 saturated carbocycles. The predicted molar refractivity (Wildman–Crippen MR) is 67.1 cm³/mol. The first-order chi connectivity index (χ1) is 9.73. The smallest absolute Gasteiger partial charge is 0.406 e. The number of aliphatic carboxylic acids is 1. The summed E-state index contributed by atoms with van der Waals surface area (Å²) < 4.78 is 40.6. The minimum Gasteiger partial charge on any atom is -0.481 e. The second-order valence-corrected chi connectivity index (χ2v) is 4.90. The molecule has 6 nitrogen and oxygen atoms in total. The van der Waals surface area contributed by atoms with Gasteiger partial charge in [-0.25, -0.2) is 4.98 Å². The molecule has 1 fully saturated rings. The standard InChI is InChI=1S/C12H14F3N3O3/c1-2-17-6-4-16-8(9(17)19)18-5-3-11(7-18,10(20)21)12(13,14)15/h4,6H,2-3,5,7H2,1H3,(H,20,21). The molecule has 0 radical (unpaired) electrons. The number of hydrogen-bond acceptors (Lipinski definition) is 4. The molecule has 1 N–H and O–H groups in total. The van der Waals surface area contributed by atoms with Gasteiger partial charge in [0, 0.05) is 32.0 Å². The lowest BCUT2D eigenvalue weighted by atomic mass is 9.86. The van der Waals surface area contributed by atoms with Crippen LogP contribution in [0.4, 0.5) is 19.0 Å². The van der Waals surface area contributed by atoms with Crippen LogP contribution in [0.2, 0.25) is 0 Å². The van der Waals surface area contributed by atoms with E-state index in [-0.39, 0.29) is 12.4 Å². The lowest BCUT2D eigenvalue weighted by molar-refractivity contribution is -0.225. The fourth-order valence-electron chi connectivity index (χ4n) is 2.42. The number of halogens is 3. The van der Waals surface area contributed by atoms with Crippen LogP contribution in [0.3, 0.4) is 0 Å². The SMILES string of the molecule is CCn1ccnc(N2CCC(C(=O)O)(C(F)(F)F)C2)c1=O. The van der Waals surface area contributed by atoms with Crippen LogP contribution in [0.25, 0.3) is 0 Å². The highest BCUT2D eigenvalue weighted by Crippen LogP contribution is 2.46. The third-order valence-corrected chi connectivity index (χ3v) is 3.76. The molecule has 1 aromatic heterocycles. The third-order valence-electron chi connectivity index (χ3n) is 3.76. The van der Waals surface area contributed by atoms with Crippen molar-refractivity contribution in [3.8, 4) is 0 Å². The summed E-state index contributed by atoms with van der Waals surface area (Å²) in [6.07, 6.45) is -2.75. The molecule has 0 aliphatic carbocycles. The molecule has 116 valence electrons. The molecule has 0 spiro atoms. The molecule has 2 heterocycles. The van der Waals surface area contributed by atoms with E-state index in [4.69, 9.17) is 5.11 Å². The summed E-state index contributed by atoms with van der Waals surface area (Å²) in [6, 6.07) is 0. The molecule has 1 saturated heterocycles. The molecule has 1 aliphatic rings. The minimum atomic E-state index is -4.88. The number of carboxylic acids is 1. The van der Waals surface area contributed by atoms with Crippen molar-refractivity contribution in [1.29, 1.82) is 0 Å². The van der Waals surface area contributed by atoms with E-state index in [2.05, 4.69) is 4.98 Å². The van der Waals surface area contributed by atoms with Crippen LogP contribution in [-0.2, 0) is 11.3 Å². The second kappa shape index (κ2) is 5.05. The Morgan fingerprint density at radius 3 is 2.67 bits per heavy atom. The van der Waals surface area contributed by atoms with Crippen LogP contribution in [0.1, 0.15) is 13.3 Å². The van der Waals surface area contributed by atoms with E-state index in [1.165, 1.54) is 17.0 Å². The Morgan fingerprint density at radius 2 is 2.19 bits per heavy atom. The third kappa shape index (κ3) is 2.36. The Morgan fingerprint density at radius 1 is 1.52 bits per heavy atom. The van der Waals surface area contributed by atoms with E-state index in [1.54, 1.807) is 6.92 Å². The van der Waals surface area contributed by atoms with Gasteiger partial charge in [-0.15, -0.1) is 0 Å². The highest BCUT2D eigenvalue weighted by Gasteiger charge is 2.64. The number of rotatable bonds is 3. The molecule has 0 aromatic carbocycles. The van der Waals surface area contributed by atoms with E-state index in [9.17, 15) is 22.8 Å². The first-order valence-corrected chi connectivity index (χ1v) is 6.33. The number of carboxylic acid groups (broad SMARTS) is 1. The zero-order valence-corrected chi connectivity index (χ0v) is 11.2. The minimum absolute atomic E-state index is 0.147. The van der Waals surface area contributed by atoms with Gasteiger partial charge in [-0.3, -0.25) is 9.59 Å². The zero-order chi connectivity index (χ0) is 15.8. The number of alkyl halides is 3. The molecular formula is C12H14F3N3O3. The number of nitrogens with zero attached hydrogens (tertiary/aromatic N) is 3. The van der Waals surface area contributed by atoms with Gasteiger partial charge in [0.25, 0.3) is 5.56 Å². The largest absolute Gasteiger partial charge is 0.481 e. The van der Waals surface area contributed by atoms with Crippen LogP contribution >= 0.6 is 0 Å². The van der Waals surface area contributed by atoms with E-state index >= 15 is 0 Å². The lowest BCUT2D eigenvalue weighted by Crippen LogP contribution is -2.47. The second-order valence-electron chi connectivity index (χ2n) is 4.90. The quantitative estimate of drug-likeness (QED) is 0.905. The van der Waals surface area contributed by atoms with Gasteiger partial charge in [0.15, 0.2) is 11.2 Å². The van der Waals surface area contributed by atoms with Gasteiger partial charge in [0.05, 0.1) is 0 Å². The van der Waals surface area contributed by atoms with Crippen LogP contribution < -0.4 is 10.5 Å². The summed E-state index contributed by atoms with van der Waals surface area (Å²) in [6.45, 7) is 1.08. The van der Waals surface area contributed by atoms with Crippen LogP contribution in [0.15, 0.2) is 17.2 Å². The lowest BCUT2D eigenvalue weighted by Gasteiger charge is -2.27. The van der Waals surface area contributed by atoms with E-state index in [1.807, 2.05) is 0 Å². The first-order valence-electron chi connectivity index (χ1n) is 6.33. The molecular weight excluding hydrogens is 291 g/mol. The van der Waals surface area contributed by atoms with Crippen molar-refractivity contribution in [3.63, 3.8) is 0 Å². The fourth-order valence-corrected chi connectivity index (χ4v) is 2.42. The predicted octanol–water partition coefficient (Wildman–Crippen LogP) is 1.11. The Labute approximate surface area is 117 Å². The van der Waals surface area contributed by atoms with Gasteiger partial charge in [0.2, 0.25) is 0 Å². The Kier molecular flexibility index (Phi) is 3.68. The average molecular weight is 305 g/mol. The molecule has 0 bridgehead atoms. The van der Waals surface area contributed by atoms with E-state index in [0.717, 1.165) is 4.90 Å². The molecule has 21 heavy (non-hydrogen) atoms. The maximum atomic E-state index is 13.1. The van der Waals surface area contributed by atoms with Gasteiger partial charge in [-0.05, 0) is 13.3 Å². The van der Waals surface area contributed by atoms with Crippen molar-refractivity contribution in [1.82, 2.24) is 9.55 Å². The number of aromatic nitrogens is 2. The van der Waals surface area contributed by atoms with Crippen LogP contribution in [0.5, 0.6) is 0 Å². The van der Waals surface area contributed by atoms with E-state index in [0.29, 0.717) is 6.54 Å². The average Bonchev–Trinajstić information content (AvgIpc) is 2.85. The Bertz CT molecular complexity index is 614. The highest BCUT2D eigenvalue weighted by molar-refractivity contribution is 5.77. The van der Waals surface area contributed by atoms with Gasteiger partial charge in [-0.1, -0.05) is 0 Å². The van der Waals surface area contributed by atoms with Crippen molar-refractivity contribution in [2.75, 3.05) is 18.0 Å². The number of carbonyl (C=O) groups is 1. The summed E-state index contributed by atoms with van der Waals surface area (Å²) >= 11 is 0. The number of aryl methyl sites for hydroxylation is 1. The van der Waals surface area contributed by atoms with Gasteiger partial charge < -0.3 is 14.6 Å². The Balaban J connectivity index is 2.39. The first kappa shape index (κ1) is 15.3. The molecule has 1 aromatic rings. The number of anilines is 1. The molecule has 1 unspecified atom stereocenters. The van der Waals surface area contributed by atoms with Crippen molar-refractivity contribution in [3.05, 3.63) is 22.7 Å². The highest BCUT2D eigenvalue weighted by atomic mass is 19.4. The number of hydrogen-bond donors (Lipinski definition) is 1. The van der Waals surface area contributed by atoms with Crippen molar-refractivity contribution in [2.45, 2.75) is 26.1 Å². The summed E-state index contributed by atoms with van der Waals surface area (Å²) in [5.74, 6) is -2.07. The maximum Gasteiger partial charge on any atom is 0.406 e. The van der Waals surface area contributed by atoms with Gasteiger partial charge in [0.1, 0.15) is 0 Å². The molecule has 2 rings (SSSR count). The van der Waals surface area contributed by atoms with Gasteiger partial charge in [-0.2, -0.15) is 13.2 Å². The maximum absolute atomic E-state index is 13.1. The Hall–Kier alpha value is -2.06. The molecule has 1 aliphatic heterocycles. The summed E-state index contributed by atoms with van der Waals surface area (Å²) in [5, 5.41) is 8.98.